The lowest BCUT2D eigenvalue weighted by molar-refractivity contribution is -0.384. The van der Waals surface area contributed by atoms with Crippen molar-refractivity contribution in [2.24, 2.45) is 0 Å². The van der Waals surface area contributed by atoms with Crippen LogP contribution in [0, 0.1) is 10.1 Å². The molecule has 0 spiro atoms. The van der Waals surface area contributed by atoms with E-state index in [9.17, 15) is 23.3 Å². The number of nitrogens with one attached hydrogen (secondary N) is 1. The molecule has 0 atom stereocenters. The smallest absolute Gasteiger partial charge is 0.379 e. The van der Waals surface area contributed by atoms with Gasteiger partial charge in [0, 0.05) is 19.2 Å². The Bertz CT molecular complexity index is 395. The molecule has 0 saturated carbocycles. The van der Waals surface area contributed by atoms with Gasteiger partial charge in [0.2, 0.25) is 0 Å². The number of nitrogens with zero attached hydrogens (tertiary/aromatic N) is 2. The highest BCUT2D eigenvalue weighted by Crippen LogP contribution is 2.24. The van der Waals surface area contributed by atoms with Gasteiger partial charge in [0.1, 0.15) is 11.9 Å². The molecule has 1 aromatic heterocycles. The predicted molar refractivity (Wildman–Crippen MR) is 54.7 cm³/mol. The lowest BCUT2D eigenvalue weighted by Gasteiger charge is -2.08. The molecule has 1 N–H and O–H groups in total. The van der Waals surface area contributed by atoms with Crippen molar-refractivity contribution >= 4 is 11.4 Å². The van der Waals surface area contributed by atoms with E-state index in [1.807, 2.05) is 0 Å². The summed E-state index contributed by atoms with van der Waals surface area (Å²) in [6.45, 7) is 0.0182. The molecular formula is C9H10F3N3O2. The van der Waals surface area contributed by atoms with Crippen molar-refractivity contribution in [3.05, 3.63) is 28.6 Å². The van der Waals surface area contributed by atoms with E-state index in [1.165, 1.54) is 12.3 Å². The number of anilines is 1. The second-order valence-electron chi connectivity index (χ2n) is 3.30. The quantitative estimate of drug-likeness (QED) is 0.495. The molecule has 0 aliphatic rings. The molecule has 0 bridgehead atoms. The first-order chi connectivity index (χ1) is 7.90. The Morgan fingerprint density at radius 1 is 1.47 bits per heavy atom. The summed E-state index contributed by atoms with van der Waals surface area (Å²) in [5.41, 5.74) is -0.0771. The molecule has 0 fully saturated rings. The van der Waals surface area contributed by atoms with Crippen molar-refractivity contribution < 1.29 is 18.1 Å². The monoisotopic (exact) mass is 249 g/mol. The van der Waals surface area contributed by atoms with Gasteiger partial charge in [-0.25, -0.2) is 0 Å². The van der Waals surface area contributed by atoms with Gasteiger partial charge in [-0.2, -0.15) is 13.2 Å². The van der Waals surface area contributed by atoms with Crippen LogP contribution in [0.1, 0.15) is 12.8 Å². The number of nitro groups is 1. The number of hydrogen-bond donors (Lipinski definition) is 1. The zero-order valence-corrected chi connectivity index (χ0v) is 8.70. The van der Waals surface area contributed by atoms with Crippen LogP contribution in [-0.2, 0) is 0 Å². The van der Waals surface area contributed by atoms with E-state index in [2.05, 4.69) is 10.3 Å². The van der Waals surface area contributed by atoms with Crippen molar-refractivity contribution in [1.82, 2.24) is 4.98 Å². The third kappa shape index (κ3) is 4.66. The van der Waals surface area contributed by atoms with Gasteiger partial charge >= 0.3 is 11.9 Å². The standard InChI is InChI=1S/C9H10F3N3O2/c10-9(11,12)3-1-4-14-7-2-5-13-6-8(7)15(16)17/h2,5-6H,1,3-4H2,(H,13,14). The highest BCUT2D eigenvalue weighted by molar-refractivity contribution is 5.59. The van der Waals surface area contributed by atoms with Gasteiger partial charge in [-0.1, -0.05) is 0 Å². The summed E-state index contributed by atoms with van der Waals surface area (Å²) in [4.78, 5) is 13.5. The number of pyridine rings is 1. The number of alkyl halides is 3. The second kappa shape index (κ2) is 5.46. The predicted octanol–water partition coefficient (Wildman–Crippen LogP) is 2.74. The molecule has 0 aliphatic carbocycles. The van der Waals surface area contributed by atoms with Crippen molar-refractivity contribution in [3.63, 3.8) is 0 Å². The maximum atomic E-state index is 11.8. The van der Waals surface area contributed by atoms with Gasteiger partial charge in [-0.3, -0.25) is 15.1 Å². The van der Waals surface area contributed by atoms with E-state index in [0.29, 0.717) is 0 Å². The molecule has 5 nitrogen and oxygen atoms in total. The van der Waals surface area contributed by atoms with Crippen LogP contribution < -0.4 is 5.32 Å². The fourth-order valence-electron chi connectivity index (χ4n) is 1.19. The number of aromatic nitrogens is 1. The van der Waals surface area contributed by atoms with Crippen LogP contribution in [0.4, 0.5) is 24.5 Å². The maximum Gasteiger partial charge on any atom is 0.389 e. The number of halogens is 3. The Labute approximate surface area is 94.8 Å². The normalized spacial score (nSPS) is 11.2. The van der Waals surface area contributed by atoms with Gasteiger partial charge in [0.25, 0.3) is 0 Å². The van der Waals surface area contributed by atoms with Gasteiger partial charge in [0.05, 0.1) is 4.92 Å². The van der Waals surface area contributed by atoms with Crippen molar-refractivity contribution in [2.75, 3.05) is 11.9 Å². The third-order valence-electron chi connectivity index (χ3n) is 1.95. The Hall–Kier alpha value is -1.86. The Morgan fingerprint density at radius 2 is 2.18 bits per heavy atom. The zero-order valence-electron chi connectivity index (χ0n) is 8.70. The Balaban J connectivity index is 2.49. The summed E-state index contributed by atoms with van der Waals surface area (Å²) < 4.78 is 35.5. The average Bonchev–Trinajstić information content (AvgIpc) is 2.23. The van der Waals surface area contributed by atoms with E-state index in [1.54, 1.807) is 0 Å². The molecular weight excluding hydrogens is 239 g/mol. The van der Waals surface area contributed by atoms with Crippen LogP contribution in [0.2, 0.25) is 0 Å². The van der Waals surface area contributed by atoms with Crippen molar-refractivity contribution in [2.45, 2.75) is 19.0 Å². The summed E-state index contributed by atoms with van der Waals surface area (Å²) in [6.07, 6.45) is -2.88. The fourth-order valence-corrected chi connectivity index (χ4v) is 1.19. The van der Waals surface area contributed by atoms with E-state index >= 15 is 0 Å². The molecule has 0 radical (unpaired) electrons. The van der Waals surface area contributed by atoms with Gasteiger partial charge in [-0.05, 0) is 12.5 Å². The molecule has 1 heterocycles. The van der Waals surface area contributed by atoms with Crippen molar-refractivity contribution in [3.8, 4) is 0 Å². The Kier molecular flexibility index (Phi) is 4.24. The minimum atomic E-state index is -4.20. The SMILES string of the molecule is O=[N+]([O-])c1cnccc1NCCCC(F)(F)F. The zero-order chi connectivity index (χ0) is 12.9. The van der Waals surface area contributed by atoms with Crippen LogP contribution in [0.5, 0.6) is 0 Å². The molecule has 0 saturated heterocycles. The molecule has 0 unspecified atom stereocenters. The van der Waals surface area contributed by atoms with Crippen LogP contribution in [-0.4, -0.2) is 22.6 Å². The summed E-state index contributed by atoms with van der Waals surface area (Å²) in [6, 6.07) is 1.35. The minimum Gasteiger partial charge on any atom is -0.379 e. The third-order valence-corrected chi connectivity index (χ3v) is 1.95. The van der Waals surface area contributed by atoms with Crippen LogP contribution in [0.3, 0.4) is 0 Å². The molecule has 1 rings (SSSR count). The summed E-state index contributed by atoms with van der Waals surface area (Å²) in [5.74, 6) is 0. The van der Waals surface area contributed by atoms with E-state index in [4.69, 9.17) is 0 Å². The number of hydrogen-bond acceptors (Lipinski definition) is 4. The molecule has 0 aromatic carbocycles. The summed E-state index contributed by atoms with van der Waals surface area (Å²) >= 11 is 0. The maximum absolute atomic E-state index is 11.8. The molecule has 0 aliphatic heterocycles. The lowest BCUT2D eigenvalue weighted by atomic mass is 10.3. The first-order valence-corrected chi connectivity index (χ1v) is 4.79. The Morgan fingerprint density at radius 3 is 2.76 bits per heavy atom. The lowest BCUT2D eigenvalue weighted by Crippen LogP contribution is -2.11. The van der Waals surface area contributed by atoms with Gasteiger partial charge in [-0.15, -0.1) is 0 Å². The van der Waals surface area contributed by atoms with E-state index < -0.39 is 17.5 Å². The van der Waals surface area contributed by atoms with Crippen LogP contribution in [0.25, 0.3) is 0 Å². The highest BCUT2D eigenvalue weighted by Gasteiger charge is 2.26. The van der Waals surface area contributed by atoms with E-state index in [-0.39, 0.29) is 24.3 Å². The van der Waals surface area contributed by atoms with E-state index in [0.717, 1.165) is 6.20 Å². The number of rotatable bonds is 5. The topological polar surface area (TPSA) is 68.1 Å². The first kappa shape index (κ1) is 13.2. The molecule has 17 heavy (non-hydrogen) atoms. The fraction of sp³-hybridized carbons (Fsp3) is 0.444. The van der Waals surface area contributed by atoms with Crippen LogP contribution in [0.15, 0.2) is 18.5 Å². The van der Waals surface area contributed by atoms with Crippen molar-refractivity contribution in [1.29, 1.82) is 0 Å². The molecule has 1 aromatic rings. The minimum absolute atomic E-state index is 0.0182. The summed E-state index contributed by atoms with van der Waals surface area (Å²) in [5, 5.41) is 13.1. The molecule has 0 amide bonds. The highest BCUT2D eigenvalue weighted by atomic mass is 19.4. The molecule has 8 heteroatoms. The first-order valence-electron chi connectivity index (χ1n) is 4.79. The molecule has 94 valence electrons. The summed E-state index contributed by atoms with van der Waals surface area (Å²) in [7, 11) is 0. The average molecular weight is 249 g/mol. The largest absolute Gasteiger partial charge is 0.389 e. The van der Waals surface area contributed by atoms with Crippen LogP contribution >= 0.6 is 0 Å². The second-order valence-corrected chi connectivity index (χ2v) is 3.30. The van der Waals surface area contributed by atoms with Gasteiger partial charge < -0.3 is 5.32 Å². The van der Waals surface area contributed by atoms with Gasteiger partial charge in [0.15, 0.2) is 0 Å².